The standard InChI is InChI=1S/C19H19FN4O2/c1-26-17-10-13(2-4-15(17)20)16-11-19(25)24-12-14(3-5-18(24)22-16)23-8-6-21-7-9-23/h2-5,10-12,21H,6-9H2,1H3. The molecule has 26 heavy (non-hydrogen) atoms. The van der Waals surface area contributed by atoms with Crippen LogP contribution in [0.4, 0.5) is 10.1 Å². The highest BCUT2D eigenvalue weighted by Gasteiger charge is 2.13. The van der Waals surface area contributed by atoms with Crippen molar-refractivity contribution in [2.75, 3.05) is 38.2 Å². The third kappa shape index (κ3) is 3.01. The number of rotatable bonds is 3. The van der Waals surface area contributed by atoms with Gasteiger partial charge in [0.2, 0.25) is 0 Å². The molecule has 0 saturated carbocycles. The van der Waals surface area contributed by atoms with Crippen LogP contribution in [0.1, 0.15) is 0 Å². The third-order valence-corrected chi connectivity index (χ3v) is 4.57. The van der Waals surface area contributed by atoms with E-state index in [1.54, 1.807) is 16.5 Å². The SMILES string of the molecule is COc1cc(-c2cc(=O)n3cc(N4CCNCC4)ccc3n2)ccc1F. The second-order valence-electron chi connectivity index (χ2n) is 6.18. The molecule has 6 nitrogen and oxygen atoms in total. The van der Waals surface area contributed by atoms with Crippen molar-refractivity contribution in [1.82, 2.24) is 14.7 Å². The van der Waals surface area contributed by atoms with Gasteiger partial charge in [-0.25, -0.2) is 9.37 Å². The zero-order valence-electron chi connectivity index (χ0n) is 14.4. The summed E-state index contributed by atoms with van der Waals surface area (Å²) >= 11 is 0. The highest BCUT2D eigenvalue weighted by atomic mass is 19.1. The molecule has 0 radical (unpaired) electrons. The van der Waals surface area contributed by atoms with Crippen LogP contribution in [0.3, 0.4) is 0 Å². The Kier molecular flexibility index (Phi) is 4.30. The highest BCUT2D eigenvalue weighted by Crippen LogP contribution is 2.25. The molecule has 3 aromatic rings. The van der Waals surface area contributed by atoms with E-state index in [0.717, 1.165) is 31.9 Å². The van der Waals surface area contributed by atoms with E-state index in [-0.39, 0.29) is 11.3 Å². The number of methoxy groups -OCH3 is 1. The van der Waals surface area contributed by atoms with Gasteiger partial charge in [-0.3, -0.25) is 9.20 Å². The molecule has 0 aliphatic carbocycles. The van der Waals surface area contributed by atoms with Gasteiger partial charge in [-0.15, -0.1) is 0 Å². The molecule has 1 aromatic carbocycles. The van der Waals surface area contributed by atoms with E-state index in [1.807, 2.05) is 18.3 Å². The van der Waals surface area contributed by atoms with Crippen LogP contribution < -0.4 is 20.5 Å². The minimum Gasteiger partial charge on any atom is -0.494 e. The lowest BCUT2D eigenvalue weighted by atomic mass is 10.1. The summed E-state index contributed by atoms with van der Waals surface area (Å²) in [4.78, 5) is 19.4. The van der Waals surface area contributed by atoms with Crippen LogP contribution in [0.15, 0.2) is 47.4 Å². The Morgan fingerprint density at radius 2 is 1.96 bits per heavy atom. The van der Waals surface area contributed by atoms with E-state index in [1.165, 1.54) is 19.2 Å². The van der Waals surface area contributed by atoms with Gasteiger partial charge in [0.25, 0.3) is 5.56 Å². The fourth-order valence-corrected chi connectivity index (χ4v) is 3.17. The van der Waals surface area contributed by atoms with Crippen molar-refractivity contribution in [2.24, 2.45) is 0 Å². The molecule has 0 amide bonds. The van der Waals surface area contributed by atoms with Crippen LogP contribution in [0, 0.1) is 5.82 Å². The summed E-state index contributed by atoms with van der Waals surface area (Å²) in [5.41, 5.74) is 2.50. The van der Waals surface area contributed by atoms with Gasteiger partial charge < -0.3 is 15.0 Å². The van der Waals surface area contributed by atoms with E-state index >= 15 is 0 Å². The number of halogens is 1. The number of hydrogen-bond donors (Lipinski definition) is 1. The highest BCUT2D eigenvalue weighted by molar-refractivity contribution is 5.64. The monoisotopic (exact) mass is 354 g/mol. The van der Waals surface area contributed by atoms with Crippen LogP contribution in [0.2, 0.25) is 0 Å². The number of pyridine rings is 1. The van der Waals surface area contributed by atoms with Crippen molar-refractivity contribution in [3.63, 3.8) is 0 Å². The summed E-state index contributed by atoms with van der Waals surface area (Å²) in [5.74, 6) is -0.326. The number of fused-ring (bicyclic) bond motifs is 1. The first-order valence-corrected chi connectivity index (χ1v) is 8.49. The second kappa shape index (κ2) is 6.76. The van der Waals surface area contributed by atoms with E-state index in [4.69, 9.17) is 4.74 Å². The smallest absolute Gasteiger partial charge is 0.258 e. The quantitative estimate of drug-likeness (QED) is 0.779. The van der Waals surface area contributed by atoms with Gasteiger partial charge in [-0.2, -0.15) is 0 Å². The largest absolute Gasteiger partial charge is 0.494 e. The molecule has 0 bridgehead atoms. The Bertz CT molecular complexity index is 1010. The molecule has 0 atom stereocenters. The number of piperazine rings is 1. The molecule has 1 fully saturated rings. The lowest BCUT2D eigenvalue weighted by Crippen LogP contribution is -2.43. The van der Waals surface area contributed by atoms with E-state index in [0.29, 0.717) is 16.9 Å². The molecule has 0 unspecified atom stereocenters. The first-order valence-electron chi connectivity index (χ1n) is 8.49. The number of aromatic nitrogens is 2. The molecule has 3 heterocycles. The summed E-state index contributed by atoms with van der Waals surface area (Å²) in [7, 11) is 1.41. The predicted octanol–water partition coefficient (Wildman–Crippen LogP) is 1.92. The lowest BCUT2D eigenvalue weighted by molar-refractivity contribution is 0.387. The summed E-state index contributed by atoms with van der Waals surface area (Å²) in [6.45, 7) is 3.66. The average molecular weight is 354 g/mol. The molecule has 2 aromatic heterocycles. The topological polar surface area (TPSA) is 58.9 Å². The molecule has 1 aliphatic heterocycles. The predicted molar refractivity (Wildman–Crippen MR) is 98.5 cm³/mol. The van der Waals surface area contributed by atoms with E-state index < -0.39 is 5.82 Å². The fourth-order valence-electron chi connectivity index (χ4n) is 3.17. The summed E-state index contributed by atoms with van der Waals surface area (Å²) in [5, 5.41) is 3.31. The molecule has 7 heteroatoms. The maximum Gasteiger partial charge on any atom is 0.258 e. The minimum atomic E-state index is -0.450. The number of nitrogens with one attached hydrogen (secondary N) is 1. The first kappa shape index (κ1) is 16.5. The molecular formula is C19H19FN4O2. The minimum absolute atomic E-state index is 0.124. The number of hydrogen-bond acceptors (Lipinski definition) is 5. The van der Waals surface area contributed by atoms with Gasteiger partial charge in [-0.1, -0.05) is 0 Å². The maximum absolute atomic E-state index is 13.6. The van der Waals surface area contributed by atoms with Crippen molar-refractivity contribution < 1.29 is 9.13 Å². The molecule has 1 aliphatic rings. The third-order valence-electron chi connectivity index (χ3n) is 4.57. The van der Waals surface area contributed by atoms with Crippen molar-refractivity contribution in [1.29, 1.82) is 0 Å². The Morgan fingerprint density at radius 3 is 2.73 bits per heavy atom. The fraction of sp³-hybridized carbons (Fsp3) is 0.263. The number of benzene rings is 1. The van der Waals surface area contributed by atoms with Gasteiger partial charge in [0, 0.05) is 44.0 Å². The molecule has 0 spiro atoms. The van der Waals surface area contributed by atoms with Crippen molar-refractivity contribution in [2.45, 2.75) is 0 Å². The maximum atomic E-state index is 13.6. The number of ether oxygens (including phenoxy) is 1. The molecule has 1 N–H and O–H groups in total. The molecule has 4 rings (SSSR count). The van der Waals surface area contributed by atoms with Crippen LogP contribution in [0.5, 0.6) is 5.75 Å². The Labute approximate surface area is 149 Å². The van der Waals surface area contributed by atoms with Crippen LogP contribution in [0.25, 0.3) is 16.9 Å². The van der Waals surface area contributed by atoms with Gasteiger partial charge >= 0.3 is 0 Å². The first-order chi connectivity index (χ1) is 12.7. The Hall–Kier alpha value is -2.93. The van der Waals surface area contributed by atoms with Gasteiger partial charge in [0.15, 0.2) is 11.6 Å². The summed E-state index contributed by atoms with van der Waals surface area (Å²) in [6.07, 6.45) is 1.82. The molecule has 1 saturated heterocycles. The van der Waals surface area contributed by atoms with Gasteiger partial charge in [-0.05, 0) is 30.3 Å². The number of anilines is 1. The Morgan fingerprint density at radius 1 is 1.15 bits per heavy atom. The number of nitrogens with zero attached hydrogens (tertiary/aromatic N) is 3. The van der Waals surface area contributed by atoms with E-state index in [2.05, 4.69) is 15.2 Å². The van der Waals surface area contributed by atoms with E-state index in [9.17, 15) is 9.18 Å². The zero-order chi connectivity index (χ0) is 18.1. The van der Waals surface area contributed by atoms with Crippen LogP contribution >= 0.6 is 0 Å². The van der Waals surface area contributed by atoms with Crippen LogP contribution in [-0.4, -0.2) is 42.7 Å². The second-order valence-corrected chi connectivity index (χ2v) is 6.18. The van der Waals surface area contributed by atoms with Gasteiger partial charge in [0.1, 0.15) is 5.65 Å². The summed E-state index contributed by atoms with van der Waals surface area (Å²) < 4.78 is 20.2. The van der Waals surface area contributed by atoms with Crippen molar-refractivity contribution >= 4 is 11.3 Å². The van der Waals surface area contributed by atoms with Crippen molar-refractivity contribution in [3.05, 3.63) is 58.8 Å². The zero-order valence-corrected chi connectivity index (χ0v) is 14.4. The van der Waals surface area contributed by atoms with Crippen molar-refractivity contribution in [3.8, 4) is 17.0 Å². The summed E-state index contributed by atoms with van der Waals surface area (Å²) in [6, 6.07) is 9.71. The van der Waals surface area contributed by atoms with Crippen LogP contribution in [-0.2, 0) is 0 Å². The average Bonchev–Trinajstić information content (AvgIpc) is 2.68. The Balaban J connectivity index is 1.76. The lowest BCUT2D eigenvalue weighted by Gasteiger charge is -2.29. The molecular weight excluding hydrogens is 335 g/mol. The molecule has 134 valence electrons. The van der Waals surface area contributed by atoms with Gasteiger partial charge in [0.05, 0.1) is 18.5 Å². The normalized spacial score (nSPS) is 14.6.